The van der Waals surface area contributed by atoms with Gasteiger partial charge in [-0.1, -0.05) is 19.1 Å². The van der Waals surface area contributed by atoms with Gasteiger partial charge in [0.15, 0.2) is 0 Å². The van der Waals surface area contributed by atoms with Crippen molar-refractivity contribution in [3.63, 3.8) is 0 Å². The lowest BCUT2D eigenvalue weighted by molar-refractivity contribution is 0.303. The predicted molar refractivity (Wildman–Crippen MR) is 82.4 cm³/mol. The van der Waals surface area contributed by atoms with E-state index in [-0.39, 0.29) is 6.04 Å². The summed E-state index contributed by atoms with van der Waals surface area (Å²) < 4.78 is 5.79. The van der Waals surface area contributed by atoms with Crippen molar-refractivity contribution < 1.29 is 4.74 Å². The molecule has 1 atom stereocenters. The summed E-state index contributed by atoms with van der Waals surface area (Å²) in [4.78, 5) is 8.90. The standard InChI is InChI=1S/C17H21N3O/c1-3-18-16(17-19-10-12(2)11-20-17)13-4-6-14(7-5-13)21-15-8-9-15/h4-7,10-11,15-16,18H,3,8-9H2,1-2H3. The molecule has 1 N–H and O–H groups in total. The van der Waals surface area contributed by atoms with Crippen molar-refractivity contribution in [1.29, 1.82) is 0 Å². The minimum absolute atomic E-state index is 0.0191. The molecule has 1 heterocycles. The second kappa shape index (κ2) is 6.22. The summed E-state index contributed by atoms with van der Waals surface area (Å²) in [6.45, 7) is 4.95. The molecule has 4 nitrogen and oxygen atoms in total. The third-order valence-corrected chi connectivity index (χ3v) is 3.51. The van der Waals surface area contributed by atoms with Gasteiger partial charge in [-0.3, -0.25) is 0 Å². The molecular weight excluding hydrogens is 262 g/mol. The minimum Gasteiger partial charge on any atom is -0.490 e. The Morgan fingerprint density at radius 3 is 2.43 bits per heavy atom. The van der Waals surface area contributed by atoms with E-state index in [9.17, 15) is 0 Å². The lowest BCUT2D eigenvalue weighted by Crippen LogP contribution is -2.24. The van der Waals surface area contributed by atoms with Crippen molar-refractivity contribution in [2.45, 2.75) is 38.8 Å². The minimum atomic E-state index is 0.0191. The fourth-order valence-corrected chi connectivity index (χ4v) is 2.23. The van der Waals surface area contributed by atoms with Crippen molar-refractivity contribution in [3.8, 4) is 5.75 Å². The maximum Gasteiger partial charge on any atom is 0.149 e. The van der Waals surface area contributed by atoms with Crippen molar-refractivity contribution in [3.05, 3.63) is 53.6 Å². The number of nitrogens with zero attached hydrogens (tertiary/aromatic N) is 2. The first-order valence-corrected chi connectivity index (χ1v) is 7.55. The van der Waals surface area contributed by atoms with Gasteiger partial charge in [0, 0.05) is 12.4 Å². The smallest absolute Gasteiger partial charge is 0.149 e. The van der Waals surface area contributed by atoms with Gasteiger partial charge >= 0.3 is 0 Å². The van der Waals surface area contributed by atoms with Gasteiger partial charge in [0.25, 0.3) is 0 Å². The molecule has 1 aromatic carbocycles. The Morgan fingerprint density at radius 2 is 1.86 bits per heavy atom. The van der Waals surface area contributed by atoms with Crippen molar-refractivity contribution >= 4 is 0 Å². The molecule has 2 aromatic rings. The molecule has 21 heavy (non-hydrogen) atoms. The van der Waals surface area contributed by atoms with Gasteiger partial charge in [0.2, 0.25) is 0 Å². The summed E-state index contributed by atoms with van der Waals surface area (Å²) in [5, 5.41) is 3.44. The summed E-state index contributed by atoms with van der Waals surface area (Å²) in [6, 6.07) is 8.27. The van der Waals surface area contributed by atoms with Crippen LogP contribution >= 0.6 is 0 Å². The zero-order valence-corrected chi connectivity index (χ0v) is 12.5. The number of aryl methyl sites for hydroxylation is 1. The zero-order valence-electron chi connectivity index (χ0n) is 12.5. The Balaban J connectivity index is 1.80. The molecule has 1 aliphatic carbocycles. The van der Waals surface area contributed by atoms with Crippen LogP contribution in [0.5, 0.6) is 5.75 Å². The van der Waals surface area contributed by atoms with E-state index in [0.29, 0.717) is 6.10 Å². The van der Waals surface area contributed by atoms with Crippen molar-refractivity contribution in [1.82, 2.24) is 15.3 Å². The van der Waals surface area contributed by atoms with Gasteiger partial charge in [-0.2, -0.15) is 0 Å². The Morgan fingerprint density at radius 1 is 1.19 bits per heavy atom. The van der Waals surface area contributed by atoms with Crippen LogP contribution in [0.3, 0.4) is 0 Å². The van der Waals surface area contributed by atoms with E-state index in [2.05, 4.69) is 34.3 Å². The van der Waals surface area contributed by atoms with Crippen LogP contribution in [0.25, 0.3) is 0 Å². The van der Waals surface area contributed by atoms with E-state index in [1.165, 1.54) is 12.8 Å². The molecule has 0 amide bonds. The fraction of sp³-hybridized carbons (Fsp3) is 0.412. The predicted octanol–water partition coefficient (Wildman–Crippen LogP) is 3.03. The first kappa shape index (κ1) is 14.0. The third kappa shape index (κ3) is 3.58. The van der Waals surface area contributed by atoms with E-state index >= 15 is 0 Å². The fourth-order valence-electron chi connectivity index (χ4n) is 2.23. The molecule has 0 saturated heterocycles. The molecule has 0 spiro atoms. The van der Waals surface area contributed by atoms with E-state index in [4.69, 9.17) is 4.74 Å². The molecule has 1 fully saturated rings. The summed E-state index contributed by atoms with van der Waals surface area (Å²) >= 11 is 0. The number of aromatic nitrogens is 2. The normalized spacial score (nSPS) is 15.7. The largest absolute Gasteiger partial charge is 0.490 e. The molecule has 0 radical (unpaired) electrons. The third-order valence-electron chi connectivity index (χ3n) is 3.51. The maximum atomic E-state index is 5.79. The van der Waals surface area contributed by atoms with Crippen molar-refractivity contribution in [2.75, 3.05) is 6.54 Å². The molecule has 0 bridgehead atoms. The molecule has 3 rings (SSSR count). The van der Waals surface area contributed by atoms with Crippen LogP contribution in [-0.2, 0) is 0 Å². The van der Waals surface area contributed by atoms with Gasteiger partial charge in [-0.05, 0) is 49.6 Å². The van der Waals surface area contributed by atoms with Crippen LogP contribution in [0.1, 0.15) is 42.8 Å². The molecule has 1 saturated carbocycles. The second-order valence-corrected chi connectivity index (χ2v) is 5.50. The van der Waals surface area contributed by atoms with Gasteiger partial charge in [0.1, 0.15) is 11.6 Å². The highest BCUT2D eigenvalue weighted by molar-refractivity contribution is 5.32. The number of ether oxygens (including phenoxy) is 1. The van der Waals surface area contributed by atoms with E-state index in [1.54, 1.807) is 0 Å². The topological polar surface area (TPSA) is 47.0 Å². The summed E-state index contributed by atoms with van der Waals surface area (Å²) in [5.74, 6) is 1.75. The Labute approximate surface area is 125 Å². The van der Waals surface area contributed by atoms with Crippen LogP contribution < -0.4 is 10.1 Å². The number of benzene rings is 1. The number of hydrogen-bond donors (Lipinski definition) is 1. The van der Waals surface area contributed by atoms with Gasteiger partial charge in [-0.15, -0.1) is 0 Å². The molecule has 1 aliphatic rings. The van der Waals surface area contributed by atoms with E-state index in [1.807, 2.05) is 31.5 Å². The Hall–Kier alpha value is -1.94. The SMILES string of the molecule is CCNC(c1ccc(OC2CC2)cc1)c1ncc(C)cn1. The maximum absolute atomic E-state index is 5.79. The molecule has 1 aromatic heterocycles. The molecule has 1 unspecified atom stereocenters. The highest BCUT2D eigenvalue weighted by Crippen LogP contribution is 2.28. The van der Waals surface area contributed by atoms with Gasteiger partial charge < -0.3 is 10.1 Å². The number of hydrogen-bond acceptors (Lipinski definition) is 4. The monoisotopic (exact) mass is 283 g/mol. The first-order valence-electron chi connectivity index (χ1n) is 7.55. The lowest BCUT2D eigenvalue weighted by atomic mass is 10.1. The summed E-state index contributed by atoms with van der Waals surface area (Å²) in [6.07, 6.45) is 6.51. The molecule has 4 heteroatoms. The number of nitrogens with one attached hydrogen (secondary N) is 1. The summed E-state index contributed by atoms with van der Waals surface area (Å²) in [5.41, 5.74) is 2.23. The Bertz CT molecular complexity index is 576. The molecular formula is C17H21N3O. The van der Waals surface area contributed by atoms with E-state index in [0.717, 1.165) is 29.2 Å². The Kier molecular flexibility index (Phi) is 4.15. The number of rotatable bonds is 6. The first-order chi connectivity index (χ1) is 10.3. The second-order valence-electron chi connectivity index (χ2n) is 5.50. The molecule has 110 valence electrons. The molecule has 0 aliphatic heterocycles. The van der Waals surface area contributed by atoms with Crippen LogP contribution in [0.15, 0.2) is 36.7 Å². The van der Waals surface area contributed by atoms with Crippen LogP contribution in [0.4, 0.5) is 0 Å². The summed E-state index contributed by atoms with van der Waals surface area (Å²) in [7, 11) is 0. The van der Waals surface area contributed by atoms with Gasteiger partial charge in [-0.25, -0.2) is 9.97 Å². The van der Waals surface area contributed by atoms with Crippen LogP contribution in [0.2, 0.25) is 0 Å². The average Bonchev–Trinajstić information content (AvgIpc) is 3.31. The van der Waals surface area contributed by atoms with Crippen LogP contribution in [0, 0.1) is 6.92 Å². The highest BCUT2D eigenvalue weighted by Gasteiger charge is 2.23. The van der Waals surface area contributed by atoms with E-state index < -0.39 is 0 Å². The quantitative estimate of drug-likeness (QED) is 0.885. The highest BCUT2D eigenvalue weighted by atomic mass is 16.5. The van der Waals surface area contributed by atoms with Crippen molar-refractivity contribution in [2.24, 2.45) is 0 Å². The van der Waals surface area contributed by atoms with Crippen LogP contribution in [-0.4, -0.2) is 22.6 Å². The van der Waals surface area contributed by atoms with Gasteiger partial charge in [0.05, 0.1) is 12.1 Å². The zero-order chi connectivity index (χ0) is 14.7. The lowest BCUT2D eigenvalue weighted by Gasteiger charge is -2.17. The average molecular weight is 283 g/mol.